The highest BCUT2D eigenvalue weighted by molar-refractivity contribution is 5.73. The van der Waals surface area contributed by atoms with E-state index in [0.717, 1.165) is 39.3 Å². The minimum atomic E-state index is -0.179. The van der Waals surface area contributed by atoms with Crippen LogP contribution in [0.25, 0.3) is 0 Å². The summed E-state index contributed by atoms with van der Waals surface area (Å²) in [6.45, 7) is 11.9. The van der Waals surface area contributed by atoms with Crippen LogP contribution in [0, 0.1) is 11.7 Å². The van der Waals surface area contributed by atoms with Crippen LogP contribution in [0.2, 0.25) is 0 Å². The summed E-state index contributed by atoms with van der Waals surface area (Å²) in [7, 11) is 0. The largest absolute Gasteiger partial charge is 0.340 e. The van der Waals surface area contributed by atoms with Gasteiger partial charge in [0, 0.05) is 58.3 Å². The van der Waals surface area contributed by atoms with Gasteiger partial charge in [-0.1, -0.05) is 19.1 Å². The van der Waals surface area contributed by atoms with E-state index < -0.39 is 0 Å². The molecule has 1 aromatic carbocycles. The van der Waals surface area contributed by atoms with Crippen molar-refractivity contribution in [3.8, 4) is 0 Å². The number of rotatable bonds is 3. The average molecular weight is 333 g/mol. The molecule has 0 unspecified atom stereocenters. The zero-order valence-corrected chi connectivity index (χ0v) is 14.9. The highest BCUT2D eigenvalue weighted by Gasteiger charge is 2.37. The first-order chi connectivity index (χ1) is 11.5. The zero-order chi connectivity index (χ0) is 17.3. The van der Waals surface area contributed by atoms with Crippen molar-refractivity contribution in [2.45, 2.75) is 32.9 Å². The Hall–Kier alpha value is -1.46. The SMILES string of the molecule is CC(=O)N1CCN([C@@H]2CN([C@H](C)c3ccc(F)cc3)C[C@@H]2C)CC1. The van der Waals surface area contributed by atoms with Gasteiger partial charge in [0.2, 0.25) is 5.91 Å². The first kappa shape index (κ1) is 17.4. The van der Waals surface area contributed by atoms with Gasteiger partial charge in [0.1, 0.15) is 5.82 Å². The molecule has 24 heavy (non-hydrogen) atoms. The summed E-state index contributed by atoms with van der Waals surface area (Å²) in [4.78, 5) is 18.5. The molecule has 0 spiro atoms. The smallest absolute Gasteiger partial charge is 0.219 e. The van der Waals surface area contributed by atoms with Gasteiger partial charge in [-0.25, -0.2) is 4.39 Å². The summed E-state index contributed by atoms with van der Waals surface area (Å²) in [5.74, 6) is 0.611. The molecule has 2 fully saturated rings. The van der Waals surface area contributed by atoms with Crippen molar-refractivity contribution >= 4 is 5.91 Å². The minimum absolute atomic E-state index is 0.179. The topological polar surface area (TPSA) is 26.8 Å². The van der Waals surface area contributed by atoms with Crippen molar-refractivity contribution in [3.63, 3.8) is 0 Å². The van der Waals surface area contributed by atoms with Crippen molar-refractivity contribution in [1.82, 2.24) is 14.7 Å². The molecule has 0 aromatic heterocycles. The van der Waals surface area contributed by atoms with E-state index in [4.69, 9.17) is 0 Å². The van der Waals surface area contributed by atoms with E-state index in [0.29, 0.717) is 18.0 Å². The molecule has 132 valence electrons. The lowest BCUT2D eigenvalue weighted by molar-refractivity contribution is -0.130. The molecular formula is C19H28FN3O. The van der Waals surface area contributed by atoms with Crippen molar-refractivity contribution < 1.29 is 9.18 Å². The van der Waals surface area contributed by atoms with Gasteiger partial charge in [-0.05, 0) is 30.5 Å². The van der Waals surface area contributed by atoms with Crippen LogP contribution in [0.4, 0.5) is 4.39 Å². The molecule has 0 N–H and O–H groups in total. The Bertz CT molecular complexity index is 568. The molecule has 0 radical (unpaired) electrons. The third-order valence-electron chi connectivity index (χ3n) is 5.73. The Morgan fingerprint density at radius 3 is 2.33 bits per heavy atom. The van der Waals surface area contributed by atoms with E-state index in [1.54, 1.807) is 19.1 Å². The number of carbonyl (C=O) groups excluding carboxylic acids is 1. The maximum atomic E-state index is 13.1. The number of halogens is 1. The summed E-state index contributed by atoms with van der Waals surface area (Å²) < 4.78 is 13.1. The highest BCUT2D eigenvalue weighted by Crippen LogP contribution is 2.30. The molecular weight excluding hydrogens is 305 g/mol. The van der Waals surface area contributed by atoms with Gasteiger partial charge in [0.25, 0.3) is 0 Å². The van der Waals surface area contributed by atoms with Crippen LogP contribution in [-0.2, 0) is 4.79 Å². The standard InChI is InChI=1S/C19H28FN3O/c1-14-12-23(15(2)17-4-6-18(20)7-5-17)13-19(14)22-10-8-21(9-11-22)16(3)24/h4-7,14-15,19H,8-13H2,1-3H3/t14-,15+,19+/m0/s1. The van der Waals surface area contributed by atoms with E-state index in [2.05, 4.69) is 23.6 Å². The third kappa shape index (κ3) is 3.62. The van der Waals surface area contributed by atoms with Crippen LogP contribution in [0.5, 0.6) is 0 Å². The minimum Gasteiger partial charge on any atom is -0.340 e. The van der Waals surface area contributed by atoms with Gasteiger partial charge in [0.15, 0.2) is 0 Å². The molecule has 1 amide bonds. The van der Waals surface area contributed by atoms with Crippen LogP contribution in [-0.4, -0.2) is 65.9 Å². The summed E-state index contributed by atoms with van der Waals surface area (Å²) in [6, 6.07) is 7.72. The summed E-state index contributed by atoms with van der Waals surface area (Å²) in [6.07, 6.45) is 0. The van der Waals surface area contributed by atoms with E-state index in [9.17, 15) is 9.18 Å². The number of benzene rings is 1. The maximum Gasteiger partial charge on any atom is 0.219 e. The lowest BCUT2D eigenvalue weighted by Crippen LogP contribution is -2.53. The quantitative estimate of drug-likeness (QED) is 0.850. The molecule has 2 heterocycles. The highest BCUT2D eigenvalue weighted by atomic mass is 19.1. The van der Waals surface area contributed by atoms with Crippen molar-refractivity contribution in [3.05, 3.63) is 35.6 Å². The van der Waals surface area contributed by atoms with Gasteiger partial charge in [-0.2, -0.15) is 0 Å². The lowest BCUT2D eigenvalue weighted by atomic mass is 10.0. The number of nitrogens with zero attached hydrogens (tertiary/aromatic N) is 3. The number of piperazine rings is 1. The molecule has 2 aliphatic heterocycles. The van der Waals surface area contributed by atoms with Crippen molar-refractivity contribution in [2.75, 3.05) is 39.3 Å². The Kier molecular flexibility index (Phi) is 5.21. The zero-order valence-electron chi connectivity index (χ0n) is 14.9. The van der Waals surface area contributed by atoms with Crippen LogP contribution in [0.1, 0.15) is 32.4 Å². The van der Waals surface area contributed by atoms with E-state index in [1.165, 1.54) is 5.56 Å². The Balaban J connectivity index is 1.60. The number of hydrogen-bond donors (Lipinski definition) is 0. The predicted octanol–water partition coefficient (Wildman–Crippen LogP) is 2.37. The third-order valence-corrected chi connectivity index (χ3v) is 5.73. The predicted molar refractivity (Wildman–Crippen MR) is 93.2 cm³/mol. The van der Waals surface area contributed by atoms with Gasteiger partial charge in [-0.3, -0.25) is 14.6 Å². The number of carbonyl (C=O) groups is 1. The van der Waals surface area contributed by atoms with Crippen molar-refractivity contribution in [2.24, 2.45) is 5.92 Å². The van der Waals surface area contributed by atoms with Gasteiger partial charge < -0.3 is 4.90 Å². The molecule has 3 atom stereocenters. The van der Waals surface area contributed by atoms with Gasteiger partial charge in [0.05, 0.1) is 0 Å². The fourth-order valence-electron chi connectivity index (χ4n) is 4.10. The summed E-state index contributed by atoms with van der Waals surface area (Å²) in [5, 5.41) is 0. The fourth-order valence-corrected chi connectivity index (χ4v) is 4.10. The molecule has 5 heteroatoms. The Morgan fingerprint density at radius 1 is 1.12 bits per heavy atom. The first-order valence-corrected chi connectivity index (χ1v) is 8.95. The molecule has 2 aliphatic rings. The number of hydrogen-bond acceptors (Lipinski definition) is 3. The molecule has 0 saturated carbocycles. The Labute approximate surface area is 144 Å². The first-order valence-electron chi connectivity index (χ1n) is 8.95. The van der Waals surface area contributed by atoms with E-state index in [-0.39, 0.29) is 11.7 Å². The molecule has 0 aliphatic carbocycles. The normalized spacial score (nSPS) is 27.4. The van der Waals surface area contributed by atoms with Crippen molar-refractivity contribution in [1.29, 1.82) is 0 Å². The summed E-state index contributed by atoms with van der Waals surface area (Å²) in [5.41, 5.74) is 1.17. The van der Waals surface area contributed by atoms with E-state index >= 15 is 0 Å². The molecule has 3 rings (SSSR count). The average Bonchev–Trinajstić information content (AvgIpc) is 2.97. The summed E-state index contributed by atoms with van der Waals surface area (Å²) >= 11 is 0. The Morgan fingerprint density at radius 2 is 1.75 bits per heavy atom. The fraction of sp³-hybridized carbons (Fsp3) is 0.632. The van der Waals surface area contributed by atoms with Gasteiger partial charge in [-0.15, -0.1) is 0 Å². The van der Waals surface area contributed by atoms with Crippen LogP contribution in [0.15, 0.2) is 24.3 Å². The number of amides is 1. The maximum absolute atomic E-state index is 13.1. The second-order valence-corrected chi connectivity index (χ2v) is 7.27. The molecule has 1 aromatic rings. The molecule has 0 bridgehead atoms. The second-order valence-electron chi connectivity index (χ2n) is 7.27. The van der Waals surface area contributed by atoms with Gasteiger partial charge >= 0.3 is 0 Å². The molecule has 4 nitrogen and oxygen atoms in total. The number of likely N-dealkylation sites (tertiary alicyclic amines) is 1. The van der Waals surface area contributed by atoms with Crippen LogP contribution >= 0.6 is 0 Å². The molecule has 2 saturated heterocycles. The van der Waals surface area contributed by atoms with Crippen LogP contribution < -0.4 is 0 Å². The second kappa shape index (κ2) is 7.19. The van der Waals surface area contributed by atoms with Crippen LogP contribution in [0.3, 0.4) is 0 Å². The lowest BCUT2D eigenvalue weighted by Gasteiger charge is -2.39. The van der Waals surface area contributed by atoms with E-state index in [1.807, 2.05) is 17.0 Å². The monoisotopic (exact) mass is 333 g/mol.